The van der Waals surface area contributed by atoms with E-state index < -0.39 is 0 Å². The highest BCUT2D eigenvalue weighted by atomic mass is 16.5. The van der Waals surface area contributed by atoms with Crippen LogP contribution in [0.4, 0.5) is 0 Å². The van der Waals surface area contributed by atoms with E-state index in [0.717, 1.165) is 11.1 Å². The maximum atomic E-state index is 12.4. The Labute approximate surface area is 127 Å². The highest BCUT2D eigenvalue weighted by molar-refractivity contribution is 6.00. The molecule has 0 aliphatic rings. The minimum atomic E-state index is -0.227. The predicted octanol–water partition coefficient (Wildman–Crippen LogP) is 2.37. The van der Waals surface area contributed by atoms with E-state index >= 15 is 0 Å². The highest BCUT2D eigenvalue weighted by Crippen LogP contribution is 2.25. The van der Waals surface area contributed by atoms with E-state index in [-0.39, 0.29) is 5.91 Å². The van der Waals surface area contributed by atoms with E-state index in [0.29, 0.717) is 23.6 Å². The van der Waals surface area contributed by atoms with Crippen LogP contribution in [0.1, 0.15) is 21.6 Å². The van der Waals surface area contributed by atoms with Crippen LogP contribution in [0.2, 0.25) is 0 Å². The topological polar surface area (TPSA) is 80.9 Å². The van der Waals surface area contributed by atoms with Gasteiger partial charge in [0.2, 0.25) is 0 Å². The molecule has 3 rings (SSSR count). The number of hydrogen-bond donors (Lipinski definition) is 1. The summed E-state index contributed by atoms with van der Waals surface area (Å²) in [5.41, 5.74) is 2.67. The summed E-state index contributed by atoms with van der Waals surface area (Å²) < 4.78 is 5.29. The fraction of sp³-hybridized carbons (Fsp3) is 0.125. The quantitative estimate of drug-likeness (QED) is 0.799. The van der Waals surface area contributed by atoms with Gasteiger partial charge in [0.15, 0.2) is 5.76 Å². The van der Waals surface area contributed by atoms with Gasteiger partial charge in [0.25, 0.3) is 5.91 Å². The standard InChI is InChI=1S/C16H14N4O2/c1-11-14(15(22-20-11)13-3-2-6-18-10-13)16(21)19-9-12-4-7-17-8-5-12/h2-8,10H,9H2,1H3,(H,19,21). The van der Waals surface area contributed by atoms with E-state index in [9.17, 15) is 4.79 Å². The zero-order valence-corrected chi connectivity index (χ0v) is 12.0. The highest BCUT2D eigenvalue weighted by Gasteiger charge is 2.21. The number of nitrogens with zero attached hydrogens (tertiary/aromatic N) is 3. The molecule has 0 radical (unpaired) electrons. The summed E-state index contributed by atoms with van der Waals surface area (Å²) in [6, 6.07) is 7.31. The van der Waals surface area contributed by atoms with Crippen molar-refractivity contribution >= 4 is 5.91 Å². The van der Waals surface area contributed by atoms with Gasteiger partial charge in [-0.3, -0.25) is 14.8 Å². The van der Waals surface area contributed by atoms with Crippen LogP contribution >= 0.6 is 0 Å². The second kappa shape index (κ2) is 6.17. The fourth-order valence-corrected chi connectivity index (χ4v) is 2.10. The SMILES string of the molecule is Cc1noc(-c2cccnc2)c1C(=O)NCc1ccncc1. The lowest BCUT2D eigenvalue weighted by Gasteiger charge is -2.05. The molecule has 22 heavy (non-hydrogen) atoms. The molecule has 0 fully saturated rings. The van der Waals surface area contributed by atoms with E-state index in [1.807, 2.05) is 18.2 Å². The number of nitrogens with one attached hydrogen (secondary N) is 1. The molecule has 0 aliphatic carbocycles. The Kier molecular flexibility index (Phi) is 3.91. The van der Waals surface area contributed by atoms with Crippen LogP contribution in [-0.2, 0) is 6.54 Å². The molecule has 0 saturated heterocycles. The molecule has 0 spiro atoms. The van der Waals surface area contributed by atoms with Crippen LogP contribution in [0, 0.1) is 6.92 Å². The van der Waals surface area contributed by atoms with Gasteiger partial charge in [-0.2, -0.15) is 0 Å². The molecule has 6 heteroatoms. The lowest BCUT2D eigenvalue weighted by molar-refractivity contribution is 0.0950. The number of rotatable bonds is 4. The van der Waals surface area contributed by atoms with Crippen molar-refractivity contribution < 1.29 is 9.32 Å². The Bertz CT molecular complexity index is 769. The summed E-state index contributed by atoms with van der Waals surface area (Å²) in [6.07, 6.45) is 6.68. The summed E-state index contributed by atoms with van der Waals surface area (Å²) in [4.78, 5) is 20.4. The third-order valence-corrected chi connectivity index (χ3v) is 3.22. The van der Waals surface area contributed by atoms with Crippen LogP contribution in [0.15, 0.2) is 53.6 Å². The van der Waals surface area contributed by atoms with Crippen molar-refractivity contribution in [3.8, 4) is 11.3 Å². The Morgan fingerprint density at radius 1 is 1.18 bits per heavy atom. The molecule has 0 aromatic carbocycles. The Hall–Kier alpha value is -3.02. The first-order chi connectivity index (χ1) is 10.8. The maximum Gasteiger partial charge on any atom is 0.257 e. The Morgan fingerprint density at radius 2 is 2.00 bits per heavy atom. The first kappa shape index (κ1) is 13.9. The molecular weight excluding hydrogens is 280 g/mol. The zero-order valence-electron chi connectivity index (χ0n) is 12.0. The lowest BCUT2D eigenvalue weighted by Crippen LogP contribution is -2.23. The van der Waals surface area contributed by atoms with Gasteiger partial charge in [-0.05, 0) is 36.8 Å². The predicted molar refractivity (Wildman–Crippen MR) is 79.9 cm³/mol. The summed E-state index contributed by atoms with van der Waals surface area (Å²) in [5.74, 6) is 0.201. The van der Waals surface area contributed by atoms with E-state index in [1.54, 1.807) is 37.8 Å². The molecule has 0 aliphatic heterocycles. The molecule has 3 heterocycles. The minimum absolute atomic E-state index is 0.227. The molecule has 0 unspecified atom stereocenters. The molecule has 110 valence electrons. The monoisotopic (exact) mass is 294 g/mol. The van der Waals surface area contributed by atoms with E-state index in [1.165, 1.54) is 0 Å². The van der Waals surface area contributed by atoms with Gasteiger partial charge in [-0.1, -0.05) is 5.16 Å². The third-order valence-electron chi connectivity index (χ3n) is 3.22. The second-order valence-electron chi connectivity index (χ2n) is 4.75. The fourth-order valence-electron chi connectivity index (χ4n) is 2.10. The summed E-state index contributed by atoms with van der Waals surface area (Å²) in [6.45, 7) is 2.16. The van der Waals surface area contributed by atoms with Gasteiger partial charge < -0.3 is 9.84 Å². The average Bonchev–Trinajstić information content (AvgIpc) is 2.96. The number of amides is 1. The molecule has 1 amide bonds. The normalized spacial score (nSPS) is 10.4. The molecule has 3 aromatic heterocycles. The van der Waals surface area contributed by atoms with Crippen LogP contribution in [0.5, 0.6) is 0 Å². The van der Waals surface area contributed by atoms with Crippen molar-refractivity contribution in [3.05, 3.63) is 65.9 Å². The number of hydrogen-bond acceptors (Lipinski definition) is 5. The summed E-state index contributed by atoms with van der Waals surface area (Å²) in [7, 11) is 0. The molecule has 3 aromatic rings. The van der Waals surface area contributed by atoms with Crippen molar-refractivity contribution in [2.75, 3.05) is 0 Å². The molecule has 0 saturated carbocycles. The van der Waals surface area contributed by atoms with Crippen molar-refractivity contribution in [1.29, 1.82) is 0 Å². The van der Waals surface area contributed by atoms with Gasteiger partial charge in [0.05, 0.1) is 5.69 Å². The van der Waals surface area contributed by atoms with E-state index in [4.69, 9.17) is 4.52 Å². The molecule has 0 atom stereocenters. The van der Waals surface area contributed by atoms with Crippen LogP contribution < -0.4 is 5.32 Å². The number of aromatic nitrogens is 3. The number of aryl methyl sites for hydroxylation is 1. The van der Waals surface area contributed by atoms with Crippen LogP contribution in [-0.4, -0.2) is 21.0 Å². The van der Waals surface area contributed by atoms with E-state index in [2.05, 4.69) is 20.4 Å². The summed E-state index contributed by atoms with van der Waals surface area (Å²) >= 11 is 0. The number of carbonyl (C=O) groups excluding carboxylic acids is 1. The first-order valence-electron chi connectivity index (χ1n) is 6.79. The van der Waals surface area contributed by atoms with Crippen molar-refractivity contribution in [2.45, 2.75) is 13.5 Å². The molecule has 0 bridgehead atoms. The number of carbonyl (C=O) groups is 1. The average molecular weight is 294 g/mol. The summed E-state index contributed by atoms with van der Waals surface area (Å²) in [5, 5.41) is 6.76. The van der Waals surface area contributed by atoms with Gasteiger partial charge in [-0.15, -0.1) is 0 Å². The molecule has 6 nitrogen and oxygen atoms in total. The second-order valence-corrected chi connectivity index (χ2v) is 4.75. The van der Waals surface area contributed by atoms with Crippen LogP contribution in [0.25, 0.3) is 11.3 Å². The smallest absolute Gasteiger partial charge is 0.257 e. The van der Waals surface area contributed by atoms with Gasteiger partial charge in [0, 0.05) is 36.9 Å². The minimum Gasteiger partial charge on any atom is -0.355 e. The van der Waals surface area contributed by atoms with Crippen molar-refractivity contribution in [1.82, 2.24) is 20.4 Å². The van der Waals surface area contributed by atoms with Gasteiger partial charge in [0.1, 0.15) is 5.56 Å². The van der Waals surface area contributed by atoms with Gasteiger partial charge >= 0.3 is 0 Å². The molecular formula is C16H14N4O2. The zero-order chi connectivity index (χ0) is 15.4. The Balaban J connectivity index is 1.82. The Morgan fingerprint density at radius 3 is 2.73 bits per heavy atom. The first-order valence-corrected chi connectivity index (χ1v) is 6.79. The largest absolute Gasteiger partial charge is 0.355 e. The lowest BCUT2D eigenvalue weighted by atomic mass is 10.1. The van der Waals surface area contributed by atoms with Crippen molar-refractivity contribution in [2.24, 2.45) is 0 Å². The number of pyridine rings is 2. The molecule has 1 N–H and O–H groups in total. The van der Waals surface area contributed by atoms with Gasteiger partial charge in [-0.25, -0.2) is 0 Å². The maximum absolute atomic E-state index is 12.4. The van der Waals surface area contributed by atoms with Crippen molar-refractivity contribution in [3.63, 3.8) is 0 Å². The van der Waals surface area contributed by atoms with Crippen LogP contribution in [0.3, 0.4) is 0 Å². The third kappa shape index (κ3) is 2.85.